The third-order valence-corrected chi connectivity index (χ3v) is 4.22. The predicted molar refractivity (Wildman–Crippen MR) is 91.9 cm³/mol. The van der Waals surface area contributed by atoms with Crippen molar-refractivity contribution in [3.63, 3.8) is 0 Å². The molecule has 0 atom stereocenters. The van der Waals surface area contributed by atoms with Crippen LogP contribution in [0.4, 0.5) is 5.82 Å². The van der Waals surface area contributed by atoms with E-state index in [-0.39, 0.29) is 5.97 Å². The molecule has 1 aromatic heterocycles. The van der Waals surface area contributed by atoms with E-state index in [4.69, 9.17) is 4.74 Å². The van der Waals surface area contributed by atoms with Crippen molar-refractivity contribution < 1.29 is 9.53 Å². The molecule has 0 spiro atoms. The number of aromatic nitrogens is 2. The normalized spacial score (nSPS) is 15.8. The summed E-state index contributed by atoms with van der Waals surface area (Å²) in [6, 6.07) is 11.6. The van der Waals surface area contributed by atoms with E-state index < -0.39 is 0 Å². The number of carbonyl (C=O) groups is 1. The van der Waals surface area contributed by atoms with Crippen molar-refractivity contribution in [2.45, 2.75) is 13.0 Å². The second-order valence-corrected chi connectivity index (χ2v) is 5.89. The fourth-order valence-corrected chi connectivity index (χ4v) is 2.99. The zero-order valence-electron chi connectivity index (χ0n) is 13.9. The molecule has 0 unspecified atom stereocenters. The van der Waals surface area contributed by atoms with Crippen LogP contribution >= 0.6 is 0 Å². The van der Waals surface area contributed by atoms with E-state index in [1.165, 1.54) is 7.11 Å². The number of hydrogen-bond donors (Lipinski definition) is 0. The number of methoxy groups -OCH3 is 1. The van der Waals surface area contributed by atoms with Gasteiger partial charge in [0.15, 0.2) is 5.82 Å². The number of nitrogens with zero attached hydrogens (tertiary/aromatic N) is 4. The summed E-state index contributed by atoms with van der Waals surface area (Å²) in [4.78, 5) is 16.3. The number of hydrogen-bond acceptors (Lipinski definition) is 6. The zero-order valence-corrected chi connectivity index (χ0v) is 13.9. The second-order valence-electron chi connectivity index (χ2n) is 5.89. The van der Waals surface area contributed by atoms with Gasteiger partial charge in [0, 0.05) is 38.9 Å². The summed E-state index contributed by atoms with van der Waals surface area (Å²) in [5.74, 6) is 0.647. The Morgan fingerprint density at radius 2 is 2.08 bits per heavy atom. The van der Waals surface area contributed by atoms with Gasteiger partial charge in [-0.15, -0.1) is 5.10 Å². The molecule has 2 aromatic rings. The van der Waals surface area contributed by atoms with E-state index in [0.717, 1.165) is 50.5 Å². The summed E-state index contributed by atoms with van der Waals surface area (Å²) in [5, 5.41) is 8.16. The van der Waals surface area contributed by atoms with Gasteiger partial charge in [-0.2, -0.15) is 5.10 Å². The van der Waals surface area contributed by atoms with Crippen LogP contribution in [0.1, 0.15) is 22.3 Å². The van der Waals surface area contributed by atoms with Gasteiger partial charge in [-0.05, 0) is 36.2 Å². The molecule has 0 radical (unpaired) electrons. The maximum Gasteiger partial charge on any atom is 0.337 e. The van der Waals surface area contributed by atoms with Crippen molar-refractivity contribution in [1.29, 1.82) is 0 Å². The Bertz CT molecular complexity index is 678. The molecule has 1 saturated heterocycles. The van der Waals surface area contributed by atoms with E-state index in [9.17, 15) is 4.79 Å². The van der Waals surface area contributed by atoms with Crippen LogP contribution in [0.2, 0.25) is 0 Å². The fourth-order valence-electron chi connectivity index (χ4n) is 2.99. The molecule has 1 aromatic carbocycles. The maximum atomic E-state index is 11.7. The lowest BCUT2D eigenvalue weighted by Gasteiger charge is -2.22. The molecule has 0 saturated carbocycles. The summed E-state index contributed by atoms with van der Waals surface area (Å²) in [6.45, 7) is 4.73. The summed E-state index contributed by atoms with van der Waals surface area (Å²) < 4.78 is 4.79. The quantitative estimate of drug-likeness (QED) is 0.801. The van der Waals surface area contributed by atoms with Gasteiger partial charge < -0.3 is 9.64 Å². The van der Waals surface area contributed by atoms with Crippen LogP contribution in [0.25, 0.3) is 0 Å². The summed E-state index contributed by atoms with van der Waals surface area (Å²) in [7, 11) is 1.41. The Hall–Kier alpha value is -2.47. The molecule has 126 valence electrons. The van der Waals surface area contributed by atoms with Gasteiger partial charge in [-0.3, -0.25) is 4.90 Å². The molecule has 3 rings (SSSR count). The molecule has 0 N–H and O–H groups in total. The highest BCUT2D eigenvalue weighted by Crippen LogP contribution is 2.15. The van der Waals surface area contributed by atoms with Crippen molar-refractivity contribution >= 4 is 11.8 Å². The smallest absolute Gasteiger partial charge is 0.337 e. The van der Waals surface area contributed by atoms with Gasteiger partial charge in [0.05, 0.1) is 12.7 Å². The molecule has 1 fully saturated rings. The van der Waals surface area contributed by atoms with Gasteiger partial charge in [-0.1, -0.05) is 12.1 Å². The topological polar surface area (TPSA) is 58.6 Å². The van der Waals surface area contributed by atoms with Crippen molar-refractivity contribution in [1.82, 2.24) is 15.1 Å². The van der Waals surface area contributed by atoms with Crippen LogP contribution < -0.4 is 4.90 Å². The van der Waals surface area contributed by atoms with E-state index in [1.807, 2.05) is 24.3 Å². The van der Waals surface area contributed by atoms with Crippen molar-refractivity contribution in [3.05, 3.63) is 53.7 Å². The van der Waals surface area contributed by atoms with Gasteiger partial charge in [0.1, 0.15) is 0 Å². The van der Waals surface area contributed by atoms with Crippen LogP contribution in [-0.4, -0.2) is 54.4 Å². The molecule has 0 aliphatic carbocycles. The first kappa shape index (κ1) is 16.4. The Balaban J connectivity index is 1.62. The highest BCUT2D eigenvalue weighted by molar-refractivity contribution is 5.89. The lowest BCUT2D eigenvalue weighted by atomic mass is 10.1. The van der Waals surface area contributed by atoms with Crippen LogP contribution in [-0.2, 0) is 11.3 Å². The van der Waals surface area contributed by atoms with Gasteiger partial charge in [0.25, 0.3) is 0 Å². The molecule has 6 nitrogen and oxygen atoms in total. The minimum Gasteiger partial charge on any atom is -0.465 e. The first-order valence-electron chi connectivity index (χ1n) is 8.18. The number of anilines is 1. The molecule has 1 aliphatic rings. The second kappa shape index (κ2) is 7.88. The molecule has 1 aliphatic heterocycles. The monoisotopic (exact) mass is 326 g/mol. The lowest BCUT2D eigenvalue weighted by Crippen LogP contribution is -2.31. The Kier molecular flexibility index (Phi) is 5.38. The third kappa shape index (κ3) is 4.08. The standard InChI is InChI=1S/C18H22N4O2/c1-24-18(23)16-6-2-5-15(13-16)14-21-9-4-10-22(12-11-21)17-7-3-8-19-20-17/h2-3,5-8,13H,4,9-12,14H2,1H3. The fraction of sp³-hybridized carbons (Fsp3) is 0.389. The summed E-state index contributed by atoms with van der Waals surface area (Å²) >= 11 is 0. The molecule has 0 bridgehead atoms. The van der Waals surface area contributed by atoms with E-state index in [1.54, 1.807) is 12.3 Å². The molecule has 24 heavy (non-hydrogen) atoms. The first-order valence-corrected chi connectivity index (χ1v) is 8.18. The van der Waals surface area contributed by atoms with Crippen molar-refractivity contribution in [2.24, 2.45) is 0 Å². The van der Waals surface area contributed by atoms with Crippen molar-refractivity contribution in [3.8, 4) is 0 Å². The number of carbonyl (C=O) groups excluding carboxylic acids is 1. The zero-order chi connectivity index (χ0) is 16.8. The van der Waals surface area contributed by atoms with E-state index in [0.29, 0.717) is 5.56 Å². The Morgan fingerprint density at radius 1 is 1.17 bits per heavy atom. The maximum absolute atomic E-state index is 11.7. The van der Waals surface area contributed by atoms with Gasteiger partial charge >= 0.3 is 5.97 Å². The van der Waals surface area contributed by atoms with E-state index in [2.05, 4.69) is 26.1 Å². The molecular weight excluding hydrogens is 304 g/mol. The third-order valence-electron chi connectivity index (χ3n) is 4.22. The average molecular weight is 326 g/mol. The number of benzene rings is 1. The Labute approximate surface area is 142 Å². The molecular formula is C18H22N4O2. The van der Waals surface area contributed by atoms with Gasteiger partial charge in [0.2, 0.25) is 0 Å². The number of ether oxygens (including phenoxy) is 1. The first-order chi connectivity index (χ1) is 11.8. The minimum atomic E-state index is -0.290. The van der Waals surface area contributed by atoms with Crippen LogP contribution in [0.15, 0.2) is 42.6 Å². The molecule has 2 heterocycles. The van der Waals surface area contributed by atoms with Crippen LogP contribution in [0.3, 0.4) is 0 Å². The Morgan fingerprint density at radius 3 is 2.88 bits per heavy atom. The number of esters is 1. The highest BCUT2D eigenvalue weighted by Gasteiger charge is 2.16. The van der Waals surface area contributed by atoms with E-state index >= 15 is 0 Å². The minimum absolute atomic E-state index is 0.290. The average Bonchev–Trinajstić information content (AvgIpc) is 2.87. The number of rotatable bonds is 4. The predicted octanol–water partition coefficient (Wildman–Crippen LogP) is 1.98. The summed E-state index contributed by atoms with van der Waals surface area (Å²) in [6.07, 6.45) is 2.77. The lowest BCUT2D eigenvalue weighted by molar-refractivity contribution is 0.0600. The van der Waals surface area contributed by atoms with Crippen molar-refractivity contribution in [2.75, 3.05) is 38.2 Å². The van der Waals surface area contributed by atoms with Crippen LogP contribution in [0.5, 0.6) is 0 Å². The molecule has 0 amide bonds. The van der Waals surface area contributed by atoms with Gasteiger partial charge in [-0.25, -0.2) is 4.79 Å². The van der Waals surface area contributed by atoms with Crippen LogP contribution in [0, 0.1) is 0 Å². The molecule has 6 heteroatoms. The SMILES string of the molecule is COC(=O)c1cccc(CN2CCCN(c3cccnn3)CC2)c1. The summed E-state index contributed by atoms with van der Waals surface area (Å²) in [5.41, 5.74) is 1.73. The highest BCUT2D eigenvalue weighted by atomic mass is 16.5. The largest absolute Gasteiger partial charge is 0.465 e.